The van der Waals surface area contributed by atoms with E-state index in [0.29, 0.717) is 48.5 Å². The summed E-state index contributed by atoms with van der Waals surface area (Å²) in [6.07, 6.45) is 4.60. The molecule has 50 heavy (non-hydrogen) atoms. The van der Waals surface area contributed by atoms with Crippen molar-refractivity contribution in [3.05, 3.63) is 47.5 Å². The molecule has 262 valence electrons. The Labute approximate surface area is 350 Å². The summed E-state index contributed by atoms with van der Waals surface area (Å²) in [5.74, 6) is -0.968. The molecule has 16 heteroatoms. The Morgan fingerprint density at radius 3 is 2.60 bits per heavy atom. The van der Waals surface area contributed by atoms with Gasteiger partial charge >= 0.3 is 30.3 Å². The van der Waals surface area contributed by atoms with E-state index < -0.39 is 36.0 Å². The average molecular weight is 1160 g/mol. The van der Waals surface area contributed by atoms with Gasteiger partial charge in [0.1, 0.15) is 35.2 Å². The molecule has 0 amide bonds. The minimum Gasteiger partial charge on any atom is -0.699 e. The summed E-state index contributed by atoms with van der Waals surface area (Å²) in [5.41, 5.74) is 7.52. The fourth-order valence-electron chi connectivity index (χ4n) is 7.86. The quantitative estimate of drug-likeness (QED) is 0.178. The number of halogens is 4. The Morgan fingerprint density at radius 1 is 1.06 bits per heavy atom. The monoisotopic (exact) mass is 1160 g/mol. The van der Waals surface area contributed by atoms with E-state index in [9.17, 15) is 13.2 Å². The summed E-state index contributed by atoms with van der Waals surface area (Å²) in [5, 5.41) is 7.79. The van der Waals surface area contributed by atoms with Crippen molar-refractivity contribution in [3.63, 3.8) is 0 Å². The molecule has 3 unspecified atom stereocenters. The van der Waals surface area contributed by atoms with E-state index in [0.717, 1.165) is 45.3 Å². The van der Waals surface area contributed by atoms with Crippen LogP contribution in [0.1, 0.15) is 50.8 Å². The number of pyridine rings is 1. The number of rotatable bonds is 4. The third-order valence-electron chi connectivity index (χ3n) is 9.79. The number of nitrogens with zero attached hydrogens (tertiary/aromatic N) is 5. The minimum absolute atomic E-state index is 0. The van der Waals surface area contributed by atoms with Crippen molar-refractivity contribution in [1.29, 1.82) is 0 Å². The standard InChI is InChI=1S/C32H31F4N6O2.CH4O.CH3.2Pb.Y/c33-16-44-28-22(35)7-6-17-11-19(37)12-21(23(17)28)26-25(36)27-24-29(42-10-3-1-2-5-20(42)15-43-30(24)38-26)40-31(39-27)32-8-4-9-41(32)14-18(34)13-32;1-2;;;;/h6-7,11-12,18,20,37H,1-5,8-10,13-16H2;2H,1H3;1H3;;;/q-1;;;;;. The topological polar surface area (TPSA) is 108 Å². The molecule has 8 rings (SSSR count). The molecule has 0 bridgehead atoms. The molecular formula is C34H38F4N6O3Pb2Y-. The first-order valence-electron chi connectivity index (χ1n) is 16.2. The Kier molecular flexibility index (Phi) is 14.9. The van der Waals surface area contributed by atoms with Crippen LogP contribution in [-0.2, 0) is 38.2 Å². The molecule has 6 heterocycles. The van der Waals surface area contributed by atoms with Gasteiger partial charge in [-0.05, 0) is 43.7 Å². The van der Waals surface area contributed by atoms with E-state index in [4.69, 9.17) is 30.3 Å². The van der Waals surface area contributed by atoms with Gasteiger partial charge in [0, 0.05) is 97.6 Å². The van der Waals surface area contributed by atoms with Gasteiger partial charge in [-0.2, -0.15) is 0 Å². The molecule has 2 aromatic heterocycles. The third-order valence-corrected chi connectivity index (χ3v) is 9.79. The van der Waals surface area contributed by atoms with Gasteiger partial charge in [0.2, 0.25) is 12.7 Å². The van der Waals surface area contributed by atoms with E-state index in [1.165, 1.54) is 44.0 Å². The first kappa shape index (κ1) is 41.7. The van der Waals surface area contributed by atoms with Crippen LogP contribution in [0.15, 0.2) is 24.3 Å². The van der Waals surface area contributed by atoms with Gasteiger partial charge in [-0.15, -0.1) is 5.69 Å². The number of aliphatic hydroxyl groups excluding tert-OH is 1. The van der Waals surface area contributed by atoms with Crippen LogP contribution in [0.3, 0.4) is 0 Å². The first-order chi connectivity index (χ1) is 23.4. The Hall–Kier alpha value is -1.02. The number of nitrogens with one attached hydrogen (secondary N) is 1. The van der Waals surface area contributed by atoms with Crippen molar-refractivity contribution in [3.8, 4) is 22.9 Å². The van der Waals surface area contributed by atoms with Gasteiger partial charge in [-0.3, -0.25) is 4.90 Å². The average Bonchev–Trinajstić information content (AvgIpc) is 3.48. The van der Waals surface area contributed by atoms with Crippen LogP contribution in [0.5, 0.6) is 11.6 Å². The zero-order chi connectivity index (χ0) is 34.2. The Balaban J connectivity index is 0.000000905. The predicted molar refractivity (Wildman–Crippen MR) is 183 cm³/mol. The predicted octanol–water partition coefficient (Wildman–Crippen LogP) is 6.72. The SMILES string of the molecule is CO.[CH3][Pb].[NH-]c1cc(-c2nc3c4c(nc(C56CCCN5CC(F)C6)nc4c2F)N2CCCCCC2CO3)c2c(OCF)c(F)ccc2c1.[Pb].[Y]. The Bertz CT molecular complexity index is 1830. The fourth-order valence-corrected chi connectivity index (χ4v) is 7.86. The molecule has 3 fully saturated rings. The van der Waals surface area contributed by atoms with Crippen LogP contribution in [0.25, 0.3) is 38.7 Å². The molecule has 4 aliphatic rings. The number of benzene rings is 2. The zero-order valence-electron chi connectivity index (χ0n) is 28.0. The number of anilines is 1. The molecule has 9 nitrogen and oxygen atoms in total. The maximum Gasteiger partial charge on any atom is 0.228 e. The summed E-state index contributed by atoms with van der Waals surface area (Å²) in [6.45, 7) is 0.706. The van der Waals surface area contributed by atoms with Gasteiger partial charge in [-0.25, -0.2) is 32.5 Å². The number of aromatic nitrogens is 3. The number of ether oxygens (including phenoxy) is 2. The van der Waals surface area contributed by atoms with Gasteiger partial charge in [0.15, 0.2) is 23.2 Å². The van der Waals surface area contributed by atoms with Crippen molar-refractivity contribution in [1.82, 2.24) is 19.9 Å². The van der Waals surface area contributed by atoms with Gasteiger partial charge in [-0.1, -0.05) is 31.0 Å². The molecule has 8 radical (unpaired) electrons. The number of fused-ring (bicyclic) bond motifs is 4. The molecule has 0 spiro atoms. The first-order valence-corrected chi connectivity index (χ1v) is 20.1. The maximum atomic E-state index is 17.1. The third kappa shape index (κ3) is 7.38. The summed E-state index contributed by atoms with van der Waals surface area (Å²) in [6, 6.07) is 5.35. The molecule has 3 saturated heterocycles. The zero-order valence-corrected chi connectivity index (χ0v) is 38.7. The molecule has 4 aliphatic heterocycles. The minimum atomic E-state index is -1.30. The van der Waals surface area contributed by atoms with E-state index in [-0.39, 0.29) is 113 Å². The van der Waals surface area contributed by atoms with E-state index in [1.54, 1.807) is 0 Å². The van der Waals surface area contributed by atoms with E-state index in [1.807, 2.05) is 0 Å². The molecular weight excluding hydrogens is 1120 g/mol. The fraction of sp³-hybridized carbons (Fsp3) is 0.500. The summed E-state index contributed by atoms with van der Waals surface area (Å²) < 4.78 is 73.9. The molecule has 0 saturated carbocycles. The van der Waals surface area contributed by atoms with Gasteiger partial charge in [0.05, 0.1) is 11.6 Å². The van der Waals surface area contributed by atoms with Crippen molar-refractivity contribution >= 4 is 86.2 Å². The Morgan fingerprint density at radius 2 is 1.84 bits per heavy atom. The molecule has 0 aliphatic carbocycles. The largest absolute Gasteiger partial charge is 0.699 e. The van der Waals surface area contributed by atoms with Gasteiger partial charge in [0.25, 0.3) is 0 Å². The molecule has 3 atom stereocenters. The second-order valence-corrected chi connectivity index (χ2v) is 12.3. The van der Waals surface area contributed by atoms with Crippen molar-refractivity contribution in [2.24, 2.45) is 0 Å². The summed E-state index contributed by atoms with van der Waals surface area (Å²) >= 11 is 1.31. The van der Waals surface area contributed by atoms with Crippen molar-refractivity contribution in [2.75, 3.05) is 45.1 Å². The molecule has 4 aromatic rings. The second-order valence-electron chi connectivity index (χ2n) is 12.3. The number of hydrogen-bond acceptors (Lipinski definition) is 8. The number of alkyl halides is 2. The molecule has 2 aromatic carbocycles. The number of aliphatic hydroxyl groups is 1. The van der Waals surface area contributed by atoms with Crippen LogP contribution in [0, 0.1) is 11.6 Å². The van der Waals surface area contributed by atoms with Gasteiger partial charge < -0.3 is 25.2 Å². The van der Waals surface area contributed by atoms with Crippen LogP contribution in [0.4, 0.5) is 29.1 Å². The van der Waals surface area contributed by atoms with Crippen LogP contribution < -0.4 is 14.4 Å². The number of hydrogen-bond donors (Lipinski definition) is 1. The second kappa shape index (κ2) is 17.9. The van der Waals surface area contributed by atoms with E-state index >= 15 is 4.39 Å². The van der Waals surface area contributed by atoms with E-state index in [2.05, 4.69) is 19.3 Å². The normalized spacial score (nSPS) is 22.3. The maximum absolute atomic E-state index is 17.1. The van der Waals surface area contributed by atoms with Crippen LogP contribution in [0.2, 0.25) is 4.48 Å². The smallest absolute Gasteiger partial charge is 0.228 e. The van der Waals surface area contributed by atoms with Crippen molar-refractivity contribution < 1.29 is 64.9 Å². The molecule has 2 N–H and O–H groups in total. The summed E-state index contributed by atoms with van der Waals surface area (Å²) in [7, 11) is 1.00. The summed E-state index contributed by atoms with van der Waals surface area (Å²) in [4.78, 5) is 18.8. The van der Waals surface area contributed by atoms with Crippen molar-refractivity contribution in [2.45, 2.75) is 67.2 Å². The van der Waals surface area contributed by atoms with Crippen LogP contribution >= 0.6 is 0 Å². The van der Waals surface area contributed by atoms with Crippen LogP contribution in [-0.4, -0.2) is 130 Å².